The fourth-order valence-corrected chi connectivity index (χ4v) is 2.85. The van der Waals surface area contributed by atoms with Crippen molar-refractivity contribution in [2.75, 3.05) is 13.2 Å². The molecule has 3 nitrogen and oxygen atoms in total. The summed E-state index contributed by atoms with van der Waals surface area (Å²) in [5.41, 5.74) is 6.96. The van der Waals surface area contributed by atoms with Crippen LogP contribution < -0.4 is 0 Å². The van der Waals surface area contributed by atoms with Gasteiger partial charge in [-0.15, -0.1) is 0 Å². The molecule has 0 saturated carbocycles. The quantitative estimate of drug-likeness (QED) is 0.605. The first kappa shape index (κ1) is 18.9. The first-order chi connectivity index (χ1) is 12.1. The number of fused-ring (bicyclic) bond motifs is 2. The Morgan fingerprint density at radius 2 is 1.16 bits per heavy atom. The summed E-state index contributed by atoms with van der Waals surface area (Å²) < 4.78 is 5.80. The predicted octanol–water partition coefficient (Wildman–Crippen LogP) is 5.73. The van der Waals surface area contributed by atoms with Crippen LogP contribution in [0.15, 0.2) is 58.5 Å². The van der Waals surface area contributed by atoms with Gasteiger partial charge in [0.05, 0.1) is 24.6 Å². The molecule has 0 unspecified atom stereocenters. The van der Waals surface area contributed by atoms with Gasteiger partial charge in [-0.25, -0.2) is 0 Å². The van der Waals surface area contributed by atoms with E-state index in [1.54, 1.807) is 0 Å². The van der Waals surface area contributed by atoms with Crippen LogP contribution in [0.4, 0.5) is 11.4 Å². The number of aliphatic imine (C=N–C) groups is 2. The fourth-order valence-electron chi connectivity index (χ4n) is 2.85. The van der Waals surface area contributed by atoms with Gasteiger partial charge in [-0.1, -0.05) is 36.4 Å². The molecule has 0 amide bonds. The maximum absolute atomic E-state index is 5.80. The zero-order valence-electron chi connectivity index (χ0n) is 13.3. The fraction of sp³-hybridized carbons (Fsp3) is 0.222. The zero-order valence-corrected chi connectivity index (χ0v) is 16.8. The molecule has 4 rings (SSSR count). The Morgan fingerprint density at radius 1 is 0.760 bits per heavy atom. The molecule has 2 heterocycles. The van der Waals surface area contributed by atoms with Crippen LogP contribution in [0.25, 0.3) is 0 Å². The van der Waals surface area contributed by atoms with Crippen LogP contribution in [0.2, 0.25) is 0 Å². The number of para-hydroxylation sites is 2. The molecule has 0 saturated heterocycles. The van der Waals surface area contributed by atoms with Crippen molar-refractivity contribution in [3.63, 3.8) is 0 Å². The minimum Gasteiger partial charge on any atom is -0.370 e. The molecule has 0 aromatic heterocycles. The van der Waals surface area contributed by atoms with Crippen molar-refractivity contribution in [2.45, 2.75) is 12.8 Å². The van der Waals surface area contributed by atoms with Crippen molar-refractivity contribution in [1.82, 2.24) is 0 Å². The number of nitrogens with zero attached hydrogens (tertiary/aromatic N) is 2. The van der Waals surface area contributed by atoms with Gasteiger partial charge in [-0.05, 0) is 23.3 Å². The smallest absolute Gasteiger partial charge is 0.0857 e. The van der Waals surface area contributed by atoms with Crippen molar-refractivity contribution in [2.24, 2.45) is 9.98 Å². The number of halogens is 3. The van der Waals surface area contributed by atoms with Crippen molar-refractivity contribution < 1.29 is 16.1 Å². The number of benzene rings is 2. The summed E-state index contributed by atoms with van der Waals surface area (Å²) in [6.07, 6.45) is 1.81. The topological polar surface area (TPSA) is 34.0 Å². The van der Waals surface area contributed by atoms with E-state index in [4.69, 9.17) is 34.9 Å². The summed E-state index contributed by atoms with van der Waals surface area (Å²) in [4.78, 5) is 9.21. The number of hydrogen-bond acceptors (Lipinski definition) is 3. The molecule has 0 aliphatic carbocycles. The molecular weight excluding hydrogens is 419 g/mol. The second-order valence-electron chi connectivity index (χ2n) is 5.63. The first-order valence-corrected chi connectivity index (χ1v) is 13.0. The van der Waals surface area contributed by atoms with Gasteiger partial charge in [0.15, 0.2) is 0 Å². The van der Waals surface area contributed by atoms with Gasteiger partial charge in [0, 0.05) is 24.3 Å². The van der Waals surface area contributed by atoms with Crippen LogP contribution in [0, 0.1) is 0 Å². The number of ether oxygens (including phenoxy) is 1. The Hall–Kier alpha value is -0.858. The molecule has 2 aromatic carbocycles. The van der Waals surface area contributed by atoms with Gasteiger partial charge >= 0.3 is 41.5 Å². The maximum atomic E-state index is 5.80. The van der Waals surface area contributed by atoms with E-state index in [1.807, 2.05) is 12.1 Å². The maximum Gasteiger partial charge on any atom is 0.0857 e. The summed E-state index contributed by atoms with van der Waals surface area (Å²) >= 11 is -1.62. The normalized spacial score (nSPS) is 14.4. The van der Waals surface area contributed by atoms with Crippen LogP contribution in [-0.4, -0.2) is 24.6 Å². The summed E-state index contributed by atoms with van der Waals surface area (Å²) in [5, 5.41) is 0. The molecule has 0 N–H and O–H groups in total. The Balaban J connectivity index is 0.000000415. The second kappa shape index (κ2) is 9.19. The molecule has 0 bridgehead atoms. The van der Waals surface area contributed by atoms with Crippen molar-refractivity contribution >= 4 is 52.9 Å². The van der Waals surface area contributed by atoms with Crippen LogP contribution in [0.3, 0.4) is 0 Å². The van der Waals surface area contributed by atoms with E-state index in [0.29, 0.717) is 13.2 Å². The third kappa shape index (κ3) is 5.56. The van der Waals surface area contributed by atoms with E-state index >= 15 is 0 Å². The third-order valence-corrected chi connectivity index (χ3v) is 3.87. The zero-order chi connectivity index (χ0) is 17.6. The number of hydrogen-bond donors (Lipinski definition) is 0. The Labute approximate surface area is 164 Å². The first-order valence-electron chi connectivity index (χ1n) is 7.71. The minimum atomic E-state index is -1.62. The Bertz CT molecular complexity index is 742. The van der Waals surface area contributed by atoms with Gasteiger partial charge in [0.25, 0.3) is 0 Å². The molecule has 2 aromatic rings. The van der Waals surface area contributed by atoms with Crippen LogP contribution >= 0.6 is 30.1 Å². The van der Waals surface area contributed by atoms with E-state index < -0.39 is 11.4 Å². The monoisotopic (exact) mass is 433 g/mol. The largest absolute Gasteiger partial charge is 0.370 e. The molecule has 131 valence electrons. The van der Waals surface area contributed by atoms with E-state index in [9.17, 15) is 0 Å². The Morgan fingerprint density at radius 3 is 1.56 bits per heavy atom. The molecule has 0 spiro atoms. The van der Waals surface area contributed by atoms with Gasteiger partial charge in [0.2, 0.25) is 0 Å². The van der Waals surface area contributed by atoms with Crippen molar-refractivity contribution in [3.8, 4) is 0 Å². The molecule has 2 aliphatic heterocycles. The molecule has 0 radical (unpaired) electrons. The minimum absolute atomic E-state index is 0.587. The van der Waals surface area contributed by atoms with Crippen molar-refractivity contribution in [1.29, 1.82) is 0 Å². The standard InChI is InChI=1S/C18H16N2O.3ClH.Cr/c1-3-7-17-13(5-1)9-15(19-17)11-21-12-16-10-14-6-2-4-8-18(14)20-16;;;;/h1-8H,9-12H2;3*1H;/q;;;;+3/p-3. The molecule has 0 fully saturated rings. The van der Waals surface area contributed by atoms with Crippen LogP contribution in [0.1, 0.15) is 11.1 Å². The summed E-state index contributed by atoms with van der Waals surface area (Å²) in [7, 11) is 14.8. The third-order valence-electron chi connectivity index (χ3n) is 3.87. The summed E-state index contributed by atoms with van der Waals surface area (Å²) in [6, 6.07) is 16.5. The van der Waals surface area contributed by atoms with E-state index in [0.717, 1.165) is 35.6 Å². The molecule has 2 aliphatic rings. The molecule has 0 atom stereocenters. The Kier molecular flexibility index (Phi) is 6.95. The van der Waals surface area contributed by atoms with E-state index in [2.05, 4.69) is 46.4 Å². The predicted molar refractivity (Wildman–Crippen MR) is 103 cm³/mol. The average Bonchev–Trinajstić information content (AvgIpc) is 3.16. The van der Waals surface area contributed by atoms with Crippen LogP contribution in [0.5, 0.6) is 0 Å². The molecule has 25 heavy (non-hydrogen) atoms. The summed E-state index contributed by atoms with van der Waals surface area (Å²) in [6.45, 7) is 1.17. The van der Waals surface area contributed by atoms with E-state index in [-0.39, 0.29) is 0 Å². The van der Waals surface area contributed by atoms with Crippen LogP contribution in [-0.2, 0) is 29.0 Å². The molecule has 7 heteroatoms. The van der Waals surface area contributed by atoms with Gasteiger partial charge < -0.3 is 4.74 Å². The average molecular weight is 435 g/mol. The summed E-state index contributed by atoms with van der Waals surface area (Å²) in [5.74, 6) is 0. The van der Waals surface area contributed by atoms with Crippen molar-refractivity contribution in [3.05, 3.63) is 59.7 Å². The van der Waals surface area contributed by atoms with E-state index in [1.165, 1.54) is 11.1 Å². The van der Waals surface area contributed by atoms with Gasteiger partial charge in [0.1, 0.15) is 0 Å². The van der Waals surface area contributed by atoms with Gasteiger partial charge in [-0.3, -0.25) is 9.98 Å². The molecular formula is C18H16Cl3CrN2O. The number of rotatable bonds is 4. The SMILES string of the molecule is [Cl][Cr]([Cl])[Cl].c1ccc2c(c1)CC(COCC1=Nc3ccccc3C1)=N2. The second-order valence-corrected chi connectivity index (χ2v) is 12.0. The van der Waals surface area contributed by atoms with Gasteiger partial charge in [-0.2, -0.15) is 0 Å².